The first kappa shape index (κ1) is 14.0. The maximum atomic E-state index is 12.2. The fourth-order valence-corrected chi connectivity index (χ4v) is 2.23. The molecule has 1 aliphatic heterocycles. The van der Waals surface area contributed by atoms with Crippen LogP contribution in [0.3, 0.4) is 0 Å². The fraction of sp³-hybridized carbons (Fsp3) is 0.571. The highest BCUT2D eigenvalue weighted by molar-refractivity contribution is 5.79. The number of nitrogens with zero attached hydrogens (tertiary/aromatic N) is 3. The van der Waals surface area contributed by atoms with Crippen LogP contribution in [0.5, 0.6) is 0 Å². The van der Waals surface area contributed by atoms with E-state index in [2.05, 4.69) is 23.7 Å². The number of amides is 1. The smallest absolute Gasteiger partial charge is 0.237 e. The number of carbonyl (C=O) groups excluding carboxylic acids is 1. The summed E-state index contributed by atoms with van der Waals surface area (Å²) in [7, 11) is 0. The van der Waals surface area contributed by atoms with Gasteiger partial charge < -0.3 is 10.6 Å². The Kier molecular flexibility index (Phi) is 4.17. The lowest BCUT2D eigenvalue weighted by Crippen LogP contribution is -2.59. The first-order valence-corrected chi connectivity index (χ1v) is 6.65. The summed E-state index contributed by atoms with van der Waals surface area (Å²) in [6.07, 6.45) is 3.52. The van der Waals surface area contributed by atoms with E-state index in [1.807, 2.05) is 17.0 Å². The van der Waals surface area contributed by atoms with Gasteiger partial charge in [0.2, 0.25) is 5.91 Å². The quantitative estimate of drug-likeness (QED) is 0.856. The highest BCUT2D eigenvalue weighted by Gasteiger charge is 2.32. The first-order valence-electron chi connectivity index (χ1n) is 6.65. The molecule has 104 valence electrons. The van der Waals surface area contributed by atoms with Gasteiger partial charge in [-0.3, -0.25) is 14.7 Å². The van der Waals surface area contributed by atoms with E-state index in [4.69, 9.17) is 5.73 Å². The normalized spacial score (nSPS) is 17.8. The van der Waals surface area contributed by atoms with Crippen LogP contribution in [0, 0.1) is 0 Å². The molecule has 0 atom stereocenters. The van der Waals surface area contributed by atoms with Crippen molar-refractivity contribution in [3.8, 4) is 0 Å². The van der Waals surface area contributed by atoms with E-state index in [-0.39, 0.29) is 11.4 Å². The zero-order valence-corrected chi connectivity index (χ0v) is 11.7. The number of rotatable bonds is 4. The molecule has 0 aliphatic carbocycles. The van der Waals surface area contributed by atoms with Gasteiger partial charge in [0.05, 0.1) is 6.54 Å². The molecule has 1 aromatic heterocycles. The zero-order chi connectivity index (χ0) is 13.9. The van der Waals surface area contributed by atoms with Gasteiger partial charge in [-0.05, 0) is 31.5 Å². The first-order chi connectivity index (χ1) is 9.03. The van der Waals surface area contributed by atoms with E-state index in [0.29, 0.717) is 19.6 Å². The molecule has 0 saturated carbocycles. The van der Waals surface area contributed by atoms with Crippen LogP contribution in [-0.2, 0) is 11.3 Å². The highest BCUT2D eigenvalue weighted by atomic mass is 16.2. The molecule has 0 bridgehead atoms. The third kappa shape index (κ3) is 3.30. The number of hydrogen-bond donors (Lipinski definition) is 1. The molecule has 1 saturated heterocycles. The van der Waals surface area contributed by atoms with Crippen molar-refractivity contribution in [3.05, 3.63) is 30.1 Å². The van der Waals surface area contributed by atoms with Crippen molar-refractivity contribution in [3.63, 3.8) is 0 Å². The minimum atomic E-state index is -0.113. The number of piperazine rings is 1. The Labute approximate surface area is 114 Å². The highest BCUT2D eigenvalue weighted by Crippen LogP contribution is 2.17. The van der Waals surface area contributed by atoms with Crippen molar-refractivity contribution in [2.75, 3.05) is 26.2 Å². The van der Waals surface area contributed by atoms with Gasteiger partial charge in [-0.25, -0.2) is 0 Å². The van der Waals surface area contributed by atoms with E-state index in [0.717, 1.165) is 18.7 Å². The Hall–Kier alpha value is -1.46. The molecule has 19 heavy (non-hydrogen) atoms. The summed E-state index contributed by atoms with van der Waals surface area (Å²) < 4.78 is 0. The molecule has 5 heteroatoms. The van der Waals surface area contributed by atoms with Crippen LogP contribution in [0.15, 0.2) is 24.5 Å². The molecule has 2 rings (SSSR count). The van der Waals surface area contributed by atoms with Crippen LogP contribution in [-0.4, -0.2) is 52.4 Å². The number of hydrogen-bond acceptors (Lipinski definition) is 4. The Morgan fingerprint density at radius 3 is 2.58 bits per heavy atom. The molecule has 2 N–H and O–H groups in total. The molecular formula is C14H22N4O. The topological polar surface area (TPSA) is 62.5 Å². The summed E-state index contributed by atoms with van der Waals surface area (Å²) in [6.45, 7) is 7.47. The SMILES string of the molecule is CC(C)(CN)N1CCN(Cc2ccncc2)C(=O)C1. The number of aromatic nitrogens is 1. The fourth-order valence-electron chi connectivity index (χ4n) is 2.23. The van der Waals surface area contributed by atoms with Gasteiger partial charge in [0, 0.05) is 44.1 Å². The van der Waals surface area contributed by atoms with Crippen molar-refractivity contribution < 1.29 is 4.79 Å². The van der Waals surface area contributed by atoms with Gasteiger partial charge in [-0.1, -0.05) is 0 Å². The van der Waals surface area contributed by atoms with Crippen LogP contribution >= 0.6 is 0 Å². The van der Waals surface area contributed by atoms with Crippen molar-refractivity contribution in [2.45, 2.75) is 25.9 Å². The van der Waals surface area contributed by atoms with Crippen LogP contribution < -0.4 is 5.73 Å². The molecule has 0 radical (unpaired) electrons. The maximum Gasteiger partial charge on any atom is 0.237 e. The molecule has 2 heterocycles. The van der Waals surface area contributed by atoms with E-state index in [1.165, 1.54) is 0 Å². The number of carbonyl (C=O) groups is 1. The molecule has 1 aliphatic rings. The lowest BCUT2D eigenvalue weighted by molar-refractivity contribution is -0.139. The van der Waals surface area contributed by atoms with E-state index < -0.39 is 0 Å². The van der Waals surface area contributed by atoms with E-state index >= 15 is 0 Å². The molecule has 1 fully saturated rings. The lowest BCUT2D eigenvalue weighted by atomic mass is 10.0. The molecule has 1 amide bonds. The third-order valence-corrected chi connectivity index (χ3v) is 3.80. The van der Waals surface area contributed by atoms with E-state index in [1.54, 1.807) is 12.4 Å². The van der Waals surface area contributed by atoms with Crippen LogP contribution in [0.1, 0.15) is 19.4 Å². The Morgan fingerprint density at radius 1 is 1.32 bits per heavy atom. The summed E-state index contributed by atoms with van der Waals surface area (Å²) in [5, 5.41) is 0. The maximum absolute atomic E-state index is 12.2. The number of pyridine rings is 1. The molecular weight excluding hydrogens is 240 g/mol. The summed E-state index contributed by atoms with van der Waals surface area (Å²) in [5.41, 5.74) is 6.77. The second-order valence-electron chi connectivity index (χ2n) is 5.61. The molecule has 1 aromatic rings. The predicted octanol–water partition coefficient (Wildman–Crippen LogP) is 0.463. The molecule has 0 unspecified atom stereocenters. The Balaban J connectivity index is 1.96. The van der Waals surface area contributed by atoms with E-state index in [9.17, 15) is 4.79 Å². The number of nitrogens with two attached hydrogens (primary N) is 1. The van der Waals surface area contributed by atoms with Crippen LogP contribution in [0.4, 0.5) is 0 Å². The van der Waals surface area contributed by atoms with Crippen molar-refractivity contribution in [2.24, 2.45) is 5.73 Å². The lowest BCUT2D eigenvalue weighted by Gasteiger charge is -2.43. The average Bonchev–Trinajstić information content (AvgIpc) is 2.42. The summed E-state index contributed by atoms with van der Waals surface area (Å²) in [5.74, 6) is 0.171. The Bertz CT molecular complexity index is 432. The summed E-state index contributed by atoms with van der Waals surface area (Å²) in [4.78, 5) is 20.3. The van der Waals surface area contributed by atoms with Crippen molar-refractivity contribution in [1.82, 2.24) is 14.8 Å². The van der Waals surface area contributed by atoms with Gasteiger partial charge in [0.15, 0.2) is 0 Å². The molecule has 0 aromatic carbocycles. The van der Waals surface area contributed by atoms with Gasteiger partial charge >= 0.3 is 0 Å². The minimum Gasteiger partial charge on any atom is -0.336 e. The van der Waals surface area contributed by atoms with Crippen molar-refractivity contribution in [1.29, 1.82) is 0 Å². The van der Waals surface area contributed by atoms with Gasteiger partial charge in [-0.15, -0.1) is 0 Å². The van der Waals surface area contributed by atoms with Gasteiger partial charge in [0.25, 0.3) is 0 Å². The monoisotopic (exact) mass is 262 g/mol. The summed E-state index contributed by atoms with van der Waals surface area (Å²) >= 11 is 0. The summed E-state index contributed by atoms with van der Waals surface area (Å²) in [6, 6.07) is 3.90. The standard InChI is InChI=1S/C14H22N4O/c1-14(2,11-15)18-8-7-17(13(19)10-18)9-12-3-5-16-6-4-12/h3-6H,7-11,15H2,1-2H3. The molecule has 5 nitrogen and oxygen atoms in total. The average molecular weight is 262 g/mol. The second kappa shape index (κ2) is 5.67. The van der Waals surface area contributed by atoms with Crippen LogP contribution in [0.2, 0.25) is 0 Å². The van der Waals surface area contributed by atoms with Crippen LogP contribution in [0.25, 0.3) is 0 Å². The van der Waals surface area contributed by atoms with Crippen molar-refractivity contribution >= 4 is 5.91 Å². The molecule has 0 spiro atoms. The third-order valence-electron chi connectivity index (χ3n) is 3.80. The Morgan fingerprint density at radius 2 is 2.00 bits per heavy atom. The largest absolute Gasteiger partial charge is 0.336 e. The second-order valence-corrected chi connectivity index (χ2v) is 5.61. The zero-order valence-electron chi connectivity index (χ0n) is 11.7. The van der Waals surface area contributed by atoms with Gasteiger partial charge in [0.1, 0.15) is 0 Å². The minimum absolute atomic E-state index is 0.113. The predicted molar refractivity (Wildman–Crippen MR) is 74.4 cm³/mol. The van der Waals surface area contributed by atoms with Gasteiger partial charge in [-0.2, -0.15) is 0 Å².